The van der Waals surface area contributed by atoms with E-state index in [2.05, 4.69) is 4.74 Å². The molecular weight excluding hydrogens is 232 g/mol. The molecule has 0 aromatic heterocycles. The van der Waals surface area contributed by atoms with E-state index >= 15 is 0 Å². The highest BCUT2D eigenvalue weighted by Crippen LogP contribution is 2.26. The van der Waals surface area contributed by atoms with Crippen molar-refractivity contribution < 1.29 is 19.4 Å². The number of carbonyl (C=O) groups is 2. The maximum absolute atomic E-state index is 11.3. The molecule has 1 aliphatic heterocycles. The number of halogens is 1. The maximum Gasteiger partial charge on any atom is 0.379 e. The molecule has 0 amide bonds. The Hall–Kier alpha value is -1.81. The average molecular weight is 239 g/mol. The number of ether oxygens (including phenoxy) is 1. The van der Waals surface area contributed by atoms with Gasteiger partial charge in [-0.15, -0.1) is 0 Å². The molecule has 0 spiro atoms. The molecule has 1 N–H and O–H groups in total. The van der Waals surface area contributed by atoms with Crippen LogP contribution in [-0.4, -0.2) is 23.5 Å². The number of carbonyl (C=O) groups excluding carboxylic acids is 2. The second-order valence-corrected chi connectivity index (χ2v) is 3.62. The van der Waals surface area contributed by atoms with E-state index in [-0.39, 0.29) is 17.9 Å². The summed E-state index contributed by atoms with van der Waals surface area (Å²) in [4.78, 5) is 22.2. The van der Waals surface area contributed by atoms with Gasteiger partial charge in [0.25, 0.3) is 5.78 Å². The fourth-order valence-electron chi connectivity index (χ4n) is 1.38. The monoisotopic (exact) mass is 238 g/mol. The van der Waals surface area contributed by atoms with Crippen molar-refractivity contribution in [3.05, 3.63) is 40.4 Å². The summed E-state index contributed by atoms with van der Waals surface area (Å²) in [6.07, 6.45) is 0. The number of rotatable bonds is 1. The van der Waals surface area contributed by atoms with Gasteiger partial charge < -0.3 is 9.84 Å². The second kappa shape index (κ2) is 3.98. The molecule has 16 heavy (non-hydrogen) atoms. The Balaban J connectivity index is 2.50. The molecule has 0 atom stereocenters. The van der Waals surface area contributed by atoms with Crippen LogP contribution in [-0.2, 0) is 14.3 Å². The number of aliphatic hydroxyl groups is 1. The third-order valence-corrected chi connectivity index (χ3v) is 2.55. The van der Waals surface area contributed by atoms with Crippen LogP contribution in [0.15, 0.2) is 29.8 Å². The van der Waals surface area contributed by atoms with Crippen LogP contribution in [0.5, 0.6) is 0 Å². The average Bonchev–Trinajstić information content (AvgIpc) is 2.60. The minimum Gasteiger partial charge on any atom is -0.507 e. The van der Waals surface area contributed by atoms with Crippen molar-refractivity contribution in [2.75, 3.05) is 6.61 Å². The van der Waals surface area contributed by atoms with Crippen LogP contribution < -0.4 is 0 Å². The lowest BCUT2D eigenvalue weighted by Gasteiger charge is -2.04. The molecule has 1 aromatic rings. The quantitative estimate of drug-likeness (QED) is 0.350. The topological polar surface area (TPSA) is 63.6 Å². The third kappa shape index (κ3) is 1.67. The van der Waals surface area contributed by atoms with E-state index in [1.165, 1.54) is 0 Å². The van der Waals surface area contributed by atoms with E-state index in [0.29, 0.717) is 10.6 Å². The fraction of sp³-hybridized carbons (Fsp3) is 0.0909. The lowest BCUT2D eigenvalue weighted by Crippen LogP contribution is -2.08. The molecule has 2 rings (SSSR count). The Labute approximate surface area is 96.1 Å². The smallest absolute Gasteiger partial charge is 0.379 e. The van der Waals surface area contributed by atoms with E-state index in [0.717, 1.165) is 0 Å². The van der Waals surface area contributed by atoms with Gasteiger partial charge in [-0.3, -0.25) is 4.79 Å². The summed E-state index contributed by atoms with van der Waals surface area (Å²) in [5, 5.41) is 10.1. The van der Waals surface area contributed by atoms with Crippen molar-refractivity contribution in [2.24, 2.45) is 0 Å². The molecular formula is C11H7ClO4. The SMILES string of the molecule is O=C1OC/C(=C(/O)c2ccccc2Cl)C1=O. The second-order valence-electron chi connectivity index (χ2n) is 3.21. The van der Waals surface area contributed by atoms with Crippen molar-refractivity contribution in [3.63, 3.8) is 0 Å². The first-order chi connectivity index (χ1) is 7.61. The van der Waals surface area contributed by atoms with Gasteiger partial charge in [-0.2, -0.15) is 0 Å². The Kier molecular flexibility index (Phi) is 2.66. The molecule has 1 fully saturated rings. The predicted molar refractivity (Wildman–Crippen MR) is 57.0 cm³/mol. The van der Waals surface area contributed by atoms with Gasteiger partial charge in [-0.25, -0.2) is 4.79 Å². The van der Waals surface area contributed by atoms with Crippen LogP contribution in [0.1, 0.15) is 5.56 Å². The summed E-state index contributed by atoms with van der Waals surface area (Å²) in [6.45, 7) is -0.214. The zero-order valence-corrected chi connectivity index (χ0v) is 8.82. The molecule has 0 bridgehead atoms. The third-order valence-electron chi connectivity index (χ3n) is 2.22. The first kappa shape index (κ1) is 10.7. The Morgan fingerprint density at radius 3 is 2.56 bits per heavy atom. The Morgan fingerprint density at radius 1 is 1.31 bits per heavy atom. The largest absolute Gasteiger partial charge is 0.507 e. The zero-order valence-electron chi connectivity index (χ0n) is 8.07. The molecule has 82 valence electrons. The van der Waals surface area contributed by atoms with Gasteiger partial charge in [0.2, 0.25) is 0 Å². The minimum atomic E-state index is -0.950. The zero-order chi connectivity index (χ0) is 11.7. The number of ketones is 1. The van der Waals surface area contributed by atoms with Crippen molar-refractivity contribution in [3.8, 4) is 0 Å². The molecule has 5 heteroatoms. The summed E-state index contributed by atoms with van der Waals surface area (Å²) in [6, 6.07) is 6.50. The lowest BCUT2D eigenvalue weighted by molar-refractivity contribution is -0.146. The molecule has 0 saturated carbocycles. The van der Waals surface area contributed by atoms with E-state index in [9.17, 15) is 14.7 Å². The molecule has 1 saturated heterocycles. The first-order valence-electron chi connectivity index (χ1n) is 4.49. The number of benzene rings is 1. The van der Waals surface area contributed by atoms with Gasteiger partial charge in [-0.1, -0.05) is 23.7 Å². The van der Waals surface area contributed by atoms with E-state index in [1.807, 2.05) is 0 Å². The van der Waals surface area contributed by atoms with E-state index < -0.39 is 11.8 Å². The molecule has 0 radical (unpaired) electrons. The van der Waals surface area contributed by atoms with Gasteiger partial charge in [0.05, 0.1) is 10.6 Å². The maximum atomic E-state index is 11.3. The summed E-state index contributed by atoms with van der Waals surface area (Å²) in [7, 11) is 0. The van der Waals surface area contributed by atoms with Gasteiger partial charge in [0, 0.05) is 5.56 Å². The molecule has 1 aliphatic rings. The number of esters is 1. The fourth-order valence-corrected chi connectivity index (χ4v) is 1.61. The highest BCUT2D eigenvalue weighted by molar-refractivity contribution is 6.44. The molecule has 0 unspecified atom stereocenters. The van der Waals surface area contributed by atoms with Crippen molar-refractivity contribution in [1.82, 2.24) is 0 Å². The lowest BCUT2D eigenvalue weighted by atomic mass is 10.1. The summed E-state index contributed by atoms with van der Waals surface area (Å²) < 4.78 is 4.51. The number of hydrogen-bond donors (Lipinski definition) is 1. The number of hydrogen-bond acceptors (Lipinski definition) is 4. The minimum absolute atomic E-state index is 0.0573. The molecule has 4 nitrogen and oxygen atoms in total. The van der Waals surface area contributed by atoms with Gasteiger partial charge in [0.15, 0.2) is 0 Å². The van der Waals surface area contributed by atoms with Gasteiger partial charge >= 0.3 is 5.97 Å². The molecule has 1 aromatic carbocycles. The van der Waals surface area contributed by atoms with Crippen molar-refractivity contribution >= 4 is 29.1 Å². The Morgan fingerprint density at radius 2 is 2.00 bits per heavy atom. The molecule has 0 aliphatic carbocycles. The van der Waals surface area contributed by atoms with Crippen molar-refractivity contribution in [1.29, 1.82) is 0 Å². The van der Waals surface area contributed by atoms with Crippen LogP contribution >= 0.6 is 11.6 Å². The summed E-state index contributed by atoms with van der Waals surface area (Å²) in [5.74, 6) is -2.08. The predicted octanol–water partition coefficient (Wildman–Crippen LogP) is 1.74. The van der Waals surface area contributed by atoms with Crippen LogP contribution in [0.25, 0.3) is 5.76 Å². The van der Waals surface area contributed by atoms with Crippen molar-refractivity contribution in [2.45, 2.75) is 0 Å². The number of aliphatic hydroxyl groups excluding tert-OH is 1. The van der Waals surface area contributed by atoms with Crippen LogP contribution in [0, 0.1) is 0 Å². The van der Waals surface area contributed by atoms with Gasteiger partial charge in [-0.05, 0) is 12.1 Å². The van der Waals surface area contributed by atoms with Gasteiger partial charge in [0.1, 0.15) is 12.4 Å². The number of cyclic esters (lactones) is 1. The molecule has 1 heterocycles. The summed E-state index contributed by atoms with van der Waals surface area (Å²) in [5.41, 5.74) is 0.254. The van der Waals surface area contributed by atoms with Crippen LogP contribution in [0.4, 0.5) is 0 Å². The van der Waals surface area contributed by atoms with Crippen LogP contribution in [0.2, 0.25) is 5.02 Å². The van der Waals surface area contributed by atoms with E-state index in [1.54, 1.807) is 24.3 Å². The highest BCUT2D eigenvalue weighted by atomic mass is 35.5. The first-order valence-corrected chi connectivity index (χ1v) is 4.87. The van der Waals surface area contributed by atoms with E-state index in [4.69, 9.17) is 11.6 Å². The van der Waals surface area contributed by atoms with Crippen LogP contribution in [0.3, 0.4) is 0 Å². The standard InChI is InChI=1S/C11H7ClO4/c12-8-4-2-1-3-6(8)9(13)7-5-16-11(15)10(7)14/h1-4,13H,5H2/b9-7-. The Bertz CT molecular complexity index is 504. The normalized spacial score (nSPS) is 18.6. The highest BCUT2D eigenvalue weighted by Gasteiger charge is 2.32. The summed E-state index contributed by atoms with van der Waals surface area (Å²) >= 11 is 5.85. The number of Topliss-reactive ketones (excluding diaryl/α,β-unsaturated/α-hetero) is 1.